The van der Waals surface area contributed by atoms with E-state index in [1.165, 1.54) is 11.8 Å². The van der Waals surface area contributed by atoms with E-state index in [2.05, 4.69) is 10.3 Å². The van der Waals surface area contributed by atoms with Crippen molar-refractivity contribution in [2.45, 2.75) is 25.2 Å². The van der Waals surface area contributed by atoms with Gasteiger partial charge in [-0.05, 0) is 19.1 Å². The number of carbonyl (C=O) groups is 1. The Kier molecular flexibility index (Phi) is 5.74. The minimum atomic E-state index is -0.435. The van der Waals surface area contributed by atoms with Crippen LogP contribution in [0.5, 0.6) is 0 Å². The number of anilines is 1. The molecule has 0 aliphatic rings. The fraction of sp³-hybridized carbons (Fsp3) is 0.455. The molecule has 1 heterocycles. The van der Waals surface area contributed by atoms with Gasteiger partial charge in [-0.3, -0.25) is 4.79 Å². The van der Waals surface area contributed by atoms with Crippen molar-refractivity contribution in [2.75, 3.05) is 11.1 Å². The Labute approximate surface area is 110 Å². The van der Waals surface area contributed by atoms with Gasteiger partial charge in [-0.2, -0.15) is 0 Å². The first-order chi connectivity index (χ1) is 8.00. The molecule has 0 saturated carbocycles. The number of nitrogens with zero attached hydrogens (tertiary/aromatic N) is 1. The van der Waals surface area contributed by atoms with Crippen molar-refractivity contribution in [3.63, 3.8) is 0 Å². The zero-order chi connectivity index (χ0) is 12.8. The van der Waals surface area contributed by atoms with E-state index in [-0.39, 0.29) is 22.1 Å². The third kappa shape index (κ3) is 4.93. The summed E-state index contributed by atoms with van der Waals surface area (Å²) < 4.78 is 0. The summed E-state index contributed by atoms with van der Waals surface area (Å²) >= 11 is 7.20. The number of rotatable bonds is 5. The van der Waals surface area contributed by atoms with Crippen molar-refractivity contribution in [3.8, 4) is 0 Å². The highest BCUT2D eigenvalue weighted by atomic mass is 35.5. The Balaban J connectivity index is 2.43. The van der Waals surface area contributed by atoms with Gasteiger partial charge in [0.25, 0.3) is 0 Å². The second-order valence-corrected chi connectivity index (χ2v) is 5.37. The fourth-order valence-corrected chi connectivity index (χ4v) is 1.94. The van der Waals surface area contributed by atoms with Crippen LogP contribution in [0.25, 0.3) is 0 Å². The van der Waals surface area contributed by atoms with Gasteiger partial charge in [0.1, 0.15) is 0 Å². The second-order valence-electron chi connectivity index (χ2n) is 3.65. The molecule has 0 aliphatic heterocycles. The number of aliphatic hydroxyl groups is 1. The van der Waals surface area contributed by atoms with Gasteiger partial charge in [-0.25, -0.2) is 4.98 Å². The quantitative estimate of drug-likeness (QED) is 0.808. The second kappa shape index (κ2) is 6.83. The summed E-state index contributed by atoms with van der Waals surface area (Å²) in [6.07, 6.45) is 1.12. The predicted octanol–water partition coefficient (Wildman–Crippen LogP) is 2.18. The third-order valence-electron chi connectivity index (χ3n) is 2.19. The van der Waals surface area contributed by atoms with E-state index < -0.39 is 6.10 Å². The molecule has 94 valence electrons. The number of hydrogen-bond donors (Lipinski definition) is 2. The summed E-state index contributed by atoms with van der Waals surface area (Å²) in [6, 6.07) is 3.39. The normalized spacial score (nSPS) is 14.1. The number of hydrogen-bond acceptors (Lipinski definition) is 4. The van der Waals surface area contributed by atoms with Crippen molar-refractivity contribution in [3.05, 3.63) is 23.5 Å². The van der Waals surface area contributed by atoms with Crippen LogP contribution in [0.3, 0.4) is 0 Å². The van der Waals surface area contributed by atoms with Crippen LogP contribution in [0, 0.1) is 0 Å². The average Bonchev–Trinajstić information content (AvgIpc) is 2.29. The lowest BCUT2D eigenvalue weighted by Crippen LogP contribution is -2.21. The molecule has 4 nitrogen and oxygen atoms in total. The first-order valence-corrected chi connectivity index (χ1v) is 6.63. The number of aliphatic hydroxyl groups excluding tert-OH is 1. The van der Waals surface area contributed by atoms with Crippen molar-refractivity contribution < 1.29 is 9.90 Å². The molecule has 0 aliphatic carbocycles. The minimum absolute atomic E-state index is 0.0186. The number of aromatic nitrogens is 1. The van der Waals surface area contributed by atoms with Crippen molar-refractivity contribution in [1.29, 1.82) is 0 Å². The first-order valence-electron chi connectivity index (χ1n) is 5.20. The highest BCUT2D eigenvalue weighted by Gasteiger charge is 2.12. The van der Waals surface area contributed by atoms with E-state index in [4.69, 9.17) is 11.6 Å². The largest absolute Gasteiger partial charge is 0.392 e. The van der Waals surface area contributed by atoms with Gasteiger partial charge >= 0.3 is 0 Å². The van der Waals surface area contributed by atoms with Crippen LogP contribution in [0.4, 0.5) is 5.69 Å². The Hall–Kier alpha value is -0.780. The summed E-state index contributed by atoms with van der Waals surface area (Å²) in [6.45, 7) is 3.58. The maximum atomic E-state index is 11.6. The number of pyridine rings is 1. The molecule has 17 heavy (non-hydrogen) atoms. The predicted molar refractivity (Wildman–Crippen MR) is 71.5 cm³/mol. The molecule has 2 unspecified atom stereocenters. The zero-order valence-electron chi connectivity index (χ0n) is 9.68. The van der Waals surface area contributed by atoms with Gasteiger partial charge in [-0.1, -0.05) is 18.5 Å². The smallest absolute Gasteiger partial charge is 0.234 e. The van der Waals surface area contributed by atoms with Gasteiger partial charge in [-0.15, -0.1) is 11.8 Å². The molecule has 6 heteroatoms. The molecule has 0 radical (unpaired) electrons. The van der Waals surface area contributed by atoms with E-state index in [9.17, 15) is 9.90 Å². The molecule has 2 atom stereocenters. The Morgan fingerprint density at radius 3 is 2.94 bits per heavy atom. The number of halogens is 1. The summed E-state index contributed by atoms with van der Waals surface area (Å²) in [5.74, 6) is 0.120. The van der Waals surface area contributed by atoms with Gasteiger partial charge in [0.05, 0.1) is 17.5 Å². The van der Waals surface area contributed by atoms with E-state index in [0.29, 0.717) is 5.69 Å². The fourth-order valence-electron chi connectivity index (χ4n) is 1.01. The Morgan fingerprint density at radius 1 is 1.65 bits per heavy atom. The van der Waals surface area contributed by atoms with E-state index in [1.54, 1.807) is 25.3 Å². The molecule has 1 aromatic heterocycles. The van der Waals surface area contributed by atoms with Gasteiger partial charge in [0, 0.05) is 11.4 Å². The topological polar surface area (TPSA) is 62.2 Å². The van der Waals surface area contributed by atoms with Crippen LogP contribution in [-0.2, 0) is 4.79 Å². The van der Waals surface area contributed by atoms with Gasteiger partial charge < -0.3 is 10.4 Å². The van der Waals surface area contributed by atoms with E-state index >= 15 is 0 Å². The molecule has 1 rings (SSSR count). The highest BCUT2D eigenvalue weighted by molar-refractivity contribution is 8.00. The van der Waals surface area contributed by atoms with Gasteiger partial charge in [0.2, 0.25) is 5.91 Å². The lowest BCUT2D eigenvalue weighted by molar-refractivity contribution is -0.113. The van der Waals surface area contributed by atoms with E-state index in [0.717, 1.165) is 0 Å². The molecular weight excluding hydrogens is 260 g/mol. The van der Waals surface area contributed by atoms with Crippen LogP contribution >= 0.6 is 23.4 Å². The summed E-state index contributed by atoms with van der Waals surface area (Å²) in [5.41, 5.74) is 0.504. The zero-order valence-corrected chi connectivity index (χ0v) is 11.3. The first kappa shape index (κ1) is 14.3. The molecular formula is C11H15ClN2O2S. The average molecular weight is 275 g/mol. The monoisotopic (exact) mass is 274 g/mol. The SMILES string of the molecule is CC(O)C(C)SCC(=O)Nc1cccnc1Cl. The van der Waals surface area contributed by atoms with Crippen molar-refractivity contribution in [1.82, 2.24) is 4.98 Å². The number of amides is 1. The van der Waals surface area contributed by atoms with Crippen LogP contribution in [0.2, 0.25) is 5.15 Å². The number of carbonyl (C=O) groups excluding carboxylic acids is 1. The third-order valence-corrected chi connectivity index (χ3v) is 3.84. The Morgan fingerprint density at radius 2 is 2.35 bits per heavy atom. The van der Waals surface area contributed by atoms with Gasteiger partial charge in [0.15, 0.2) is 5.15 Å². The maximum absolute atomic E-state index is 11.6. The summed E-state index contributed by atoms with van der Waals surface area (Å²) in [7, 11) is 0. The molecule has 0 saturated heterocycles. The molecule has 2 N–H and O–H groups in total. The standard InChI is InChI=1S/C11H15ClN2O2S/c1-7(15)8(2)17-6-10(16)14-9-4-3-5-13-11(9)12/h3-5,7-8,15H,6H2,1-2H3,(H,14,16). The van der Waals surface area contributed by atoms with Crippen LogP contribution in [0.1, 0.15) is 13.8 Å². The lowest BCUT2D eigenvalue weighted by atomic mass is 10.3. The molecule has 1 amide bonds. The number of thioether (sulfide) groups is 1. The minimum Gasteiger partial charge on any atom is -0.392 e. The van der Waals surface area contributed by atoms with Crippen molar-refractivity contribution in [2.24, 2.45) is 0 Å². The van der Waals surface area contributed by atoms with Crippen LogP contribution in [-0.4, -0.2) is 33.1 Å². The summed E-state index contributed by atoms with van der Waals surface area (Å²) in [5, 5.41) is 12.2. The van der Waals surface area contributed by atoms with Crippen LogP contribution in [0.15, 0.2) is 18.3 Å². The summed E-state index contributed by atoms with van der Waals surface area (Å²) in [4.78, 5) is 15.5. The highest BCUT2D eigenvalue weighted by Crippen LogP contribution is 2.19. The number of nitrogens with one attached hydrogen (secondary N) is 1. The molecule has 0 bridgehead atoms. The van der Waals surface area contributed by atoms with Crippen LogP contribution < -0.4 is 5.32 Å². The molecule has 1 aromatic rings. The van der Waals surface area contributed by atoms with Crippen molar-refractivity contribution >= 4 is 35.0 Å². The molecule has 0 fully saturated rings. The van der Waals surface area contributed by atoms with E-state index in [1.807, 2.05) is 6.92 Å². The molecule has 0 aromatic carbocycles. The lowest BCUT2D eigenvalue weighted by Gasteiger charge is -2.13. The Bertz CT molecular complexity index is 387. The molecule has 0 spiro atoms. The maximum Gasteiger partial charge on any atom is 0.234 e.